The number of hydrogen-bond acceptors (Lipinski definition) is 2. The summed E-state index contributed by atoms with van der Waals surface area (Å²) in [6, 6.07) is 3.87. The van der Waals surface area contributed by atoms with Gasteiger partial charge in [0.1, 0.15) is 0 Å². The third-order valence-corrected chi connectivity index (χ3v) is 5.96. The molecule has 3 rings (SSSR count). The Bertz CT molecular complexity index is 684. The van der Waals surface area contributed by atoms with Crippen LogP contribution in [0.5, 0.6) is 0 Å². The highest BCUT2D eigenvalue weighted by molar-refractivity contribution is 9.13. The van der Waals surface area contributed by atoms with Crippen LogP contribution in [0.15, 0.2) is 27.3 Å². The zero-order chi connectivity index (χ0) is 15.0. The Labute approximate surface area is 139 Å². The van der Waals surface area contributed by atoms with Crippen LogP contribution in [-0.4, -0.2) is 28.6 Å². The third-order valence-electron chi connectivity index (χ3n) is 4.11. The second-order valence-electron chi connectivity index (χ2n) is 5.48. The van der Waals surface area contributed by atoms with Gasteiger partial charge in [-0.15, -0.1) is 0 Å². The van der Waals surface area contributed by atoms with Crippen LogP contribution in [0.3, 0.4) is 0 Å². The molecule has 112 valence electrons. The van der Waals surface area contributed by atoms with E-state index in [1.165, 1.54) is 0 Å². The number of amides is 1. The zero-order valence-corrected chi connectivity index (χ0v) is 14.5. The largest absolute Gasteiger partial charge is 0.393 e. The molecule has 0 spiro atoms. The van der Waals surface area contributed by atoms with Crippen molar-refractivity contribution in [1.82, 2.24) is 10.3 Å². The molecule has 6 heteroatoms. The van der Waals surface area contributed by atoms with Crippen molar-refractivity contribution in [2.24, 2.45) is 5.92 Å². The number of aromatic amines is 1. The van der Waals surface area contributed by atoms with Gasteiger partial charge in [-0.05, 0) is 56.8 Å². The summed E-state index contributed by atoms with van der Waals surface area (Å²) in [5, 5.41) is 13.6. The van der Waals surface area contributed by atoms with Crippen LogP contribution in [0, 0.1) is 5.92 Å². The molecule has 1 fully saturated rings. The first-order valence-corrected chi connectivity index (χ1v) is 8.57. The molecule has 0 saturated heterocycles. The van der Waals surface area contributed by atoms with Crippen molar-refractivity contribution in [3.8, 4) is 0 Å². The molecule has 0 aliphatic heterocycles. The normalized spacial score (nSPS) is 21.9. The number of H-pyrrole nitrogens is 1. The second-order valence-corrected chi connectivity index (χ2v) is 7.19. The van der Waals surface area contributed by atoms with E-state index in [9.17, 15) is 9.90 Å². The molecule has 21 heavy (non-hydrogen) atoms. The fraction of sp³-hybridized carbons (Fsp3) is 0.400. The number of benzene rings is 1. The van der Waals surface area contributed by atoms with Crippen molar-refractivity contribution in [2.75, 3.05) is 6.54 Å². The van der Waals surface area contributed by atoms with Crippen LogP contribution in [-0.2, 0) is 0 Å². The van der Waals surface area contributed by atoms with E-state index < -0.39 is 0 Å². The Kier molecular flexibility index (Phi) is 4.38. The van der Waals surface area contributed by atoms with E-state index in [0.29, 0.717) is 12.1 Å². The summed E-state index contributed by atoms with van der Waals surface area (Å²) in [6.07, 6.45) is 4.31. The Morgan fingerprint density at radius 2 is 2.10 bits per heavy atom. The topological polar surface area (TPSA) is 65.1 Å². The molecule has 1 aliphatic rings. The molecule has 1 heterocycles. The lowest BCUT2D eigenvalue weighted by Gasteiger charge is -2.14. The van der Waals surface area contributed by atoms with Crippen molar-refractivity contribution in [2.45, 2.75) is 25.4 Å². The molecule has 4 nitrogen and oxygen atoms in total. The maximum absolute atomic E-state index is 12.3. The molecule has 0 radical (unpaired) electrons. The minimum Gasteiger partial charge on any atom is -0.393 e. The Morgan fingerprint density at radius 3 is 2.81 bits per heavy atom. The maximum atomic E-state index is 12.3. The molecule has 2 aromatic rings. The van der Waals surface area contributed by atoms with Gasteiger partial charge in [-0.3, -0.25) is 4.79 Å². The highest BCUT2D eigenvalue weighted by Crippen LogP contribution is 2.30. The highest BCUT2D eigenvalue weighted by atomic mass is 79.9. The van der Waals surface area contributed by atoms with E-state index in [0.717, 1.165) is 39.1 Å². The van der Waals surface area contributed by atoms with Crippen molar-refractivity contribution in [1.29, 1.82) is 0 Å². The fourth-order valence-corrected chi connectivity index (χ4v) is 3.57. The Hall–Kier alpha value is -0.850. The number of carbonyl (C=O) groups is 1. The molecule has 1 aromatic carbocycles. The van der Waals surface area contributed by atoms with E-state index in [4.69, 9.17) is 0 Å². The van der Waals surface area contributed by atoms with Gasteiger partial charge in [-0.25, -0.2) is 0 Å². The number of rotatable bonds is 3. The number of fused-ring (bicyclic) bond motifs is 1. The first-order valence-electron chi connectivity index (χ1n) is 6.98. The van der Waals surface area contributed by atoms with Gasteiger partial charge in [-0.1, -0.05) is 6.42 Å². The third kappa shape index (κ3) is 3.03. The number of halogens is 2. The van der Waals surface area contributed by atoms with E-state index >= 15 is 0 Å². The van der Waals surface area contributed by atoms with E-state index in [1.807, 2.05) is 12.1 Å². The van der Waals surface area contributed by atoms with E-state index in [1.54, 1.807) is 6.20 Å². The van der Waals surface area contributed by atoms with Gasteiger partial charge in [0.15, 0.2) is 0 Å². The van der Waals surface area contributed by atoms with Crippen LogP contribution in [0.2, 0.25) is 0 Å². The van der Waals surface area contributed by atoms with E-state index in [-0.39, 0.29) is 17.9 Å². The average Bonchev–Trinajstić information content (AvgIpc) is 3.03. The molecule has 1 saturated carbocycles. The molecule has 2 unspecified atom stereocenters. The first kappa shape index (κ1) is 15.1. The number of hydrogen-bond donors (Lipinski definition) is 3. The molecular weight excluding hydrogens is 400 g/mol. The minimum atomic E-state index is -0.279. The zero-order valence-electron chi connectivity index (χ0n) is 11.3. The molecule has 0 bridgehead atoms. The van der Waals surface area contributed by atoms with Gasteiger partial charge in [0.2, 0.25) is 0 Å². The lowest BCUT2D eigenvalue weighted by Crippen LogP contribution is -2.32. The van der Waals surface area contributed by atoms with Crippen LogP contribution < -0.4 is 5.32 Å². The SMILES string of the molecule is O=C(NCC1CCCC1O)c1c[nH]c2cc(Br)c(Br)cc12. The maximum Gasteiger partial charge on any atom is 0.253 e. The summed E-state index contributed by atoms with van der Waals surface area (Å²) >= 11 is 6.91. The average molecular weight is 416 g/mol. The summed E-state index contributed by atoms with van der Waals surface area (Å²) in [5.41, 5.74) is 1.54. The Morgan fingerprint density at radius 1 is 1.33 bits per heavy atom. The van der Waals surface area contributed by atoms with Crippen molar-refractivity contribution >= 4 is 48.7 Å². The molecule has 1 amide bonds. The predicted octanol–water partition coefficient (Wildman–Crippen LogP) is 3.58. The molecule has 2 atom stereocenters. The second kappa shape index (κ2) is 6.10. The summed E-state index contributed by atoms with van der Waals surface area (Å²) < 4.78 is 1.85. The number of aliphatic hydroxyl groups is 1. The fourth-order valence-electron chi connectivity index (χ4n) is 2.88. The van der Waals surface area contributed by atoms with Gasteiger partial charge >= 0.3 is 0 Å². The van der Waals surface area contributed by atoms with Gasteiger partial charge in [0.25, 0.3) is 5.91 Å². The van der Waals surface area contributed by atoms with Crippen LogP contribution >= 0.6 is 31.9 Å². The molecule has 1 aromatic heterocycles. The standard InChI is InChI=1S/C15H16Br2N2O2/c16-11-4-9-10(7-18-13(9)5-12(11)17)15(21)19-6-8-2-1-3-14(8)20/h4-5,7-8,14,18,20H,1-3,6H2,(H,19,21). The molecule has 3 N–H and O–H groups in total. The number of carbonyl (C=O) groups excluding carboxylic acids is 1. The number of nitrogens with one attached hydrogen (secondary N) is 2. The smallest absolute Gasteiger partial charge is 0.253 e. The summed E-state index contributed by atoms with van der Waals surface area (Å²) in [6.45, 7) is 0.532. The van der Waals surface area contributed by atoms with Crippen LogP contribution in [0.1, 0.15) is 29.6 Å². The van der Waals surface area contributed by atoms with Gasteiger partial charge in [0.05, 0.1) is 11.7 Å². The number of aromatic nitrogens is 1. The summed E-state index contributed by atoms with van der Waals surface area (Å²) in [4.78, 5) is 15.5. The molecular formula is C15H16Br2N2O2. The van der Waals surface area contributed by atoms with Crippen LogP contribution in [0.25, 0.3) is 10.9 Å². The van der Waals surface area contributed by atoms with Gasteiger partial charge in [0, 0.05) is 38.5 Å². The quantitative estimate of drug-likeness (QED) is 0.717. The van der Waals surface area contributed by atoms with Gasteiger partial charge < -0.3 is 15.4 Å². The lowest BCUT2D eigenvalue weighted by atomic mass is 10.1. The predicted molar refractivity (Wildman–Crippen MR) is 89.4 cm³/mol. The van der Waals surface area contributed by atoms with Crippen molar-refractivity contribution < 1.29 is 9.90 Å². The highest BCUT2D eigenvalue weighted by Gasteiger charge is 2.25. The van der Waals surface area contributed by atoms with Crippen molar-refractivity contribution in [3.05, 3.63) is 32.8 Å². The van der Waals surface area contributed by atoms with Crippen LogP contribution in [0.4, 0.5) is 0 Å². The summed E-state index contributed by atoms with van der Waals surface area (Å²) in [5.74, 6) is 0.0783. The summed E-state index contributed by atoms with van der Waals surface area (Å²) in [7, 11) is 0. The lowest BCUT2D eigenvalue weighted by molar-refractivity contribution is 0.0918. The van der Waals surface area contributed by atoms with Crippen molar-refractivity contribution in [3.63, 3.8) is 0 Å². The minimum absolute atomic E-state index is 0.102. The Balaban J connectivity index is 1.77. The monoisotopic (exact) mass is 414 g/mol. The number of aliphatic hydroxyl groups excluding tert-OH is 1. The first-order chi connectivity index (χ1) is 10.1. The molecule has 1 aliphatic carbocycles. The van der Waals surface area contributed by atoms with Gasteiger partial charge in [-0.2, -0.15) is 0 Å². The van der Waals surface area contributed by atoms with E-state index in [2.05, 4.69) is 42.2 Å².